The van der Waals surface area contributed by atoms with E-state index >= 15 is 0 Å². The number of benzene rings is 3. The fourth-order valence-corrected chi connectivity index (χ4v) is 4.77. The number of para-hydroxylation sites is 1. The maximum atomic E-state index is 14.1. The van der Waals surface area contributed by atoms with Crippen molar-refractivity contribution in [3.63, 3.8) is 0 Å². The van der Waals surface area contributed by atoms with Crippen molar-refractivity contribution >= 4 is 34.8 Å². The summed E-state index contributed by atoms with van der Waals surface area (Å²) in [5, 5.41) is 1.06. The van der Waals surface area contributed by atoms with Gasteiger partial charge in [-0.3, -0.25) is 0 Å². The van der Waals surface area contributed by atoms with Crippen LogP contribution < -0.4 is 8.92 Å². The van der Waals surface area contributed by atoms with Crippen LogP contribution in [0, 0.1) is 5.82 Å². The molecule has 0 saturated carbocycles. The summed E-state index contributed by atoms with van der Waals surface area (Å²) >= 11 is -0.164. The Morgan fingerprint density at radius 3 is 2.26 bits per heavy atom. The quantitative estimate of drug-likeness (QED) is 0.501. The van der Waals surface area contributed by atoms with Gasteiger partial charge in [0.1, 0.15) is 0 Å². The molecule has 0 N–H and O–H groups in total. The Balaban J connectivity index is 1.92. The molecule has 4 rings (SSSR count). The first-order valence-corrected chi connectivity index (χ1v) is 9.03. The van der Waals surface area contributed by atoms with Crippen LogP contribution in [0.3, 0.4) is 0 Å². The van der Waals surface area contributed by atoms with Crippen molar-refractivity contribution < 1.29 is 8.81 Å². The molecule has 3 aromatic carbocycles. The van der Waals surface area contributed by atoms with Crippen LogP contribution in [0.2, 0.25) is 0 Å². The Hall–Kier alpha value is -2.35. The van der Waals surface area contributed by atoms with Gasteiger partial charge in [0.15, 0.2) is 0 Å². The fourth-order valence-electron chi connectivity index (χ4n) is 2.54. The first-order valence-electron chi connectivity index (χ1n) is 7.32. The molecular weight excluding hydrogens is 354 g/mol. The van der Waals surface area contributed by atoms with Crippen molar-refractivity contribution in [1.82, 2.24) is 0 Å². The van der Waals surface area contributed by atoms with Crippen LogP contribution in [-0.4, -0.2) is 15.0 Å². The normalized spacial score (nSPS) is 11.0. The van der Waals surface area contributed by atoms with Crippen LogP contribution in [0.4, 0.5) is 4.39 Å². The second kappa shape index (κ2) is 6.04. The van der Waals surface area contributed by atoms with Gasteiger partial charge in [0.2, 0.25) is 0 Å². The van der Waals surface area contributed by atoms with Gasteiger partial charge in [0, 0.05) is 0 Å². The molecule has 0 aliphatic carbocycles. The van der Waals surface area contributed by atoms with Crippen LogP contribution in [0.5, 0.6) is 0 Å². The summed E-state index contributed by atoms with van der Waals surface area (Å²) in [6.07, 6.45) is 0. The number of hydrogen-bond donors (Lipinski definition) is 0. The second-order valence-corrected chi connectivity index (χ2v) is 7.36. The molecule has 0 fully saturated rings. The van der Waals surface area contributed by atoms with E-state index in [9.17, 15) is 4.39 Å². The van der Waals surface area contributed by atoms with E-state index in [1.165, 1.54) is 6.07 Å². The van der Waals surface area contributed by atoms with Gasteiger partial charge in [-0.1, -0.05) is 0 Å². The predicted molar refractivity (Wildman–Crippen MR) is 93.1 cm³/mol. The number of fused-ring (bicyclic) bond motifs is 1. The van der Waals surface area contributed by atoms with Crippen LogP contribution in [0.15, 0.2) is 83.3 Å². The first-order chi connectivity index (χ1) is 11.3. The molecule has 0 radical (unpaired) electrons. The van der Waals surface area contributed by atoms with Gasteiger partial charge in [-0.2, -0.15) is 0 Å². The molecule has 1 heterocycles. The molecular formula is C20H13FOSe. The van der Waals surface area contributed by atoms with Gasteiger partial charge in [-0.15, -0.1) is 0 Å². The molecule has 0 aliphatic rings. The SMILES string of the molecule is Fc1ccccc1[Se]c1c(-c2ccccc2)oc2ccccc12. The molecule has 1 nitrogen and oxygen atoms in total. The van der Waals surface area contributed by atoms with Crippen molar-refractivity contribution in [3.05, 3.63) is 84.7 Å². The van der Waals surface area contributed by atoms with E-state index in [4.69, 9.17) is 4.42 Å². The summed E-state index contributed by atoms with van der Waals surface area (Å²) < 4.78 is 22.0. The summed E-state index contributed by atoms with van der Waals surface area (Å²) in [5.74, 6) is 0.687. The molecule has 0 saturated heterocycles. The third-order valence-corrected chi connectivity index (χ3v) is 6.07. The number of furan rings is 1. The molecule has 0 bridgehead atoms. The van der Waals surface area contributed by atoms with Crippen molar-refractivity contribution in [2.45, 2.75) is 0 Å². The van der Waals surface area contributed by atoms with Crippen LogP contribution in [0.25, 0.3) is 22.3 Å². The number of halogens is 1. The van der Waals surface area contributed by atoms with Crippen molar-refractivity contribution in [1.29, 1.82) is 0 Å². The molecule has 3 heteroatoms. The zero-order valence-electron chi connectivity index (χ0n) is 12.2. The second-order valence-electron chi connectivity index (χ2n) is 5.15. The molecule has 0 unspecified atom stereocenters. The van der Waals surface area contributed by atoms with Crippen LogP contribution in [-0.2, 0) is 0 Å². The Bertz CT molecular complexity index is 960. The van der Waals surface area contributed by atoms with E-state index < -0.39 is 0 Å². The molecule has 0 spiro atoms. The molecule has 0 atom stereocenters. The zero-order valence-corrected chi connectivity index (χ0v) is 13.9. The monoisotopic (exact) mass is 368 g/mol. The summed E-state index contributed by atoms with van der Waals surface area (Å²) in [4.78, 5) is 0. The first kappa shape index (κ1) is 14.3. The minimum atomic E-state index is -0.164. The average Bonchev–Trinajstić information content (AvgIpc) is 2.96. The van der Waals surface area contributed by atoms with E-state index in [0.717, 1.165) is 31.2 Å². The van der Waals surface area contributed by atoms with Gasteiger partial charge in [-0.05, 0) is 0 Å². The average molecular weight is 367 g/mol. The Kier molecular flexibility index (Phi) is 3.74. The van der Waals surface area contributed by atoms with E-state index in [0.29, 0.717) is 0 Å². The number of rotatable bonds is 3. The maximum absolute atomic E-state index is 14.1. The van der Waals surface area contributed by atoms with Gasteiger partial charge < -0.3 is 0 Å². The zero-order chi connectivity index (χ0) is 15.6. The van der Waals surface area contributed by atoms with Gasteiger partial charge >= 0.3 is 140 Å². The standard InChI is InChI=1S/C20H13FOSe/c21-16-11-5-7-13-18(16)23-20-15-10-4-6-12-17(15)22-19(20)14-8-2-1-3-9-14/h1-13H. The molecule has 1 aromatic heterocycles. The summed E-state index contributed by atoms with van der Waals surface area (Å²) in [6.45, 7) is 0. The van der Waals surface area contributed by atoms with E-state index in [1.54, 1.807) is 6.07 Å². The van der Waals surface area contributed by atoms with E-state index in [2.05, 4.69) is 0 Å². The minimum absolute atomic E-state index is 0.156. The molecule has 112 valence electrons. The third kappa shape index (κ3) is 2.70. The van der Waals surface area contributed by atoms with Crippen LogP contribution >= 0.6 is 0 Å². The van der Waals surface area contributed by atoms with Crippen molar-refractivity contribution in [3.8, 4) is 11.3 Å². The topological polar surface area (TPSA) is 13.1 Å². The molecule has 4 aromatic rings. The van der Waals surface area contributed by atoms with Crippen LogP contribution in [0.1, 0.15) is 0 Å². The van der Waals surface area contributed by atoms with E-state index in [-0.39, 0.29) is 20.8 Å². The molecule has 23 heavy (non-hydrogen) atoms. The number of hydrogen-bond acceptors (Lipinski definition) is 1. The van der Waals surface area contributed by atoms with Gasteiger partial charge in [0.25, 0.3) is 0 Å². The Morgan fingerprint density at radius 2 is 1.43 bits per heavy atom. The van der Waals surface area contributed by atoms with Gasteiger partial charge in [0.05, 0.1) is 0 Å². The van der Waals surface area contributed by atoms with E-state index in [1.807, 2.05) is 66.7 Å². The summed E-state index contributed by atoms with van der Waals surface area (Å²) in [6, 6.07) is 24.9. The van der Waals surface area contributed by atoms with Gasteiger partial charge in [-0.25, -0.2) is 0 Å². The molecule has 0 aliphatic heterocycles. The Morgan fingerprint density at radius 1 is 0.739 bits per heavy atom. The predicted octanol–water partition coefficient (Wildman–Crippen LogP) is 3.89. The Labute approximate surface area is 139 Å². The fraction of sp³-hybridized carbons (Fsp3) is 0. The van der Waals surface area contributed by atoms with Crippen molar-refractivity contribution in [2.75, 3.05) is 0 Å². The molecule has 0 amide bonds. The van der Waals surface area contributed by atoms with Crippen molar-refractivity contribution in [2.24, 2.45) is 0 Å². The summed E-state index contributed by atoms with van der Waals surface area (Å²) in [7, 11) is 0. The summed E-state index contributed by atoms with van der Waals surface area (Å²) in [5.41, 5.74) is 1.87. The third-order valence-electron chi connectivity index (χ3n) is 3.63.